The zero-order chi connectivity index (χ0) is 12.4. The highest BCUT2D eigenvalue weighted by Crippen LogP contribution is 2.28. The maximum atomic E-state index is 10.2. The number of aliphatic hydroxyl groups excluding tert-OH is 1. The second-order valence-electron chi connectivity index (χ2n) is 3.59. The SMILES string of the molecule is Nc1ncc(Cl)cc1C(O)c1cccc(Cl)c1. The van der Waals surface area contributed by atoms with Gasteiger partial charge in [-0.25, -0.2) is 4.98 Å². The van der Waals surface area contributed by atoms with Crippen LogP contribution in [0, 0.1) is 0 Å². The van der Waals surface area contributed by atoms with Crippen molar-refractivity contribution in [3.63, 3.8) is 0 Å². The number of aromatic nitrogens is 1. The first-order chi connectivity index (χ1) is 8.08. The van der Waals surface area contributed by atoms with Gasteiger partial charge in [-0.1, -0.05) is 35.3 Å². The Kier molecular flexibility index (Phi) is 3.52. The Hall–Kier alpha value is -1.29. The van der Waals surface area contributed by atoms with E-state index in [9.17, 15) is 5.11 Å². The van der Waals surface area contributed by atoms with Gasteiger partial charge in [0.1, 0.15) is 11.9 Å². The van der Waals surface area contributed by atoms with Crippen molar-refractivity contribution < 1.29 is 5.11 Å². The first-order valence-electron chi connectivity index (χ1n) is 4.92. The summed E-state index contributed by atoms with van der Waals surface area (Å²) in [6.45, 7) is 0. The molecule has 1 atom stereocenters. The van der Waals surface area contributed by atoms with Crippen molar-refractivity contribution in [2.45, 2.75) is 6.10 Å². The zero-order valence-corrected chi connectivity index (χ0v) is 10.3. The van der Waals surface area contributed by atoms with Crippen molar-refractivity contribution in [3.05, 3.63) is 57.7 Å². The Bertz CT molecular complexity index is 546. The molecule has 0 saturated carbocycles. The lowest BCUT2D eigenvalue weighted by Gasteiger charge is -2.13. The minimum absolute atomic E-state index is 0.252. The number of nitrogen functional groups attached to an aromatic ring is 1. The minimum atomic E-state index is -0.889. The molecule has 0 saturated heterocycles. The maximum Gasteiger partial charge on any atom is 0.129 e. The van der Waals surface area contributed by atoms with E-state index < -0.39 is 6.10 Å². The van der Waals surface area contributed by atoms with Gasteiger partial charge in [0, 0.05) is 16.8 Å². The third-order valence-electron chi connectivity index (χ3n) is 2.38. The Morgan fingerprint density at radius 1 is 1.18 bits per heavy atom. The van der Waals surface area contributed by atoms with Gasteiger partial charge in [0.05, 0.1) is 5.02 Å². The minimum Gasteiger partial charge on any atom is -0.384 e. The second-order valence-corrected chi connectivity index (χ2v) is 4.46. The van der Waals surface area contributed by atoms with Crippen LogP contribution in [0.2, 0.25) is 10.0 Å². The van der Waals surface area contributed by atoms with E-state index in [2.05, 4.69) is 4.98 Å². The van der Waals surface area contributed by atoms with Crippen LogP contribution in [-0.4, -0.2) is 10.1 Å². The molecule has 0 aliphatic heterocycles. The number of benzene rings is 1. The molecule has 1 aromatic carbocycles. The molecule has 0 fully saturated rings. The van der Waals surface area contributed by atoms with Gasteiger partial charge in [-0.2, -0.15) is 0 Å². The molecule has 0 aliphatic carbocycles. The number of rotatable bonds is 2. The summed E-state index contributed by atoms with van der Waals surface area (Å²) in [5, 5.41) is 11.2. The van der Waals surface area contributed by atoms with Crippen LogP contribution in [0.3, 0.4) is 0 Å². The Morgan fingerprint density at radius 2 is 1.94 bits per heavy atom. The van der Waals surface area contributed by atoms with Crippen LogP contribution in [0.4, 0.5) is 5.82 Å². The molecule has 1 unspecified atom stereocenters. The van der Waals surface area contributed by atoms with E-state index in [-0.39, 0.29) is 5.82 Å². The molecule has 0 amide bonds. The van der Waals surface area contributed by atoms with Crippen LogP contribution in [0.1, 0.15) is 17.2 Å². The third kappa shape index (κ3) is 2.69. The van der Waals surface area contributed by atoms with Gasteiger partial charge in [0.2, 0.25) is 0 Å². The van der Waals surface area contributed by atoms with Gasteiger partial charge >= 0.3 is 0 Å². The summed E-state index contributed by atoms with van der Waals surface area (Å²) in [5.41, 5.74) is 6.82. The number of halogens is 2. The van der Waals surface area contributed by atoms with E-state index in [4.69, 9.17) is 28.9 Å². The number of anilines is 1. The molecule has 0 radical (unpaired) electrons. The Balaban J connectivity index is 2.43. The van der Waals surface area contributed by atoms with Crippen LogP contribution < -0.4 is 5.73 Å². The summed E-state index contributed by atoms with van der Waals surface area (Å²) in [6, 6.07) is 8.52. The molecule has 0 aliphatic rings. The fourth-order valence-corrected chi connectivity index (χ4v) is 1.91. The van der Waals surface area contributed by atoms with E-state index >= 15 is 0 Å². The van der Waals surface area contributed by atoms with E-state index in [1.54, 1.807) is 30.3 Å². The van der Waals surface area contributed by atoms with Crippen LogP contribution in [0.5, 0.6) is 0 Å². The van der Waals surface area contributed by atoms with Gasteiger partial charge in [-0.05, 0) is 23.8 Å². The summed E-state index contributed by atoms with van der Waals surface area (Å²) >= 11 is 11.7. The molecule has 1 aromatic heterocycles. The quantitative estimate of drug-likeness (QED) is 0.880. The summed E-state index contributed by atoms with van der Waals surface area (Å²) in [4.78, 5) is 3.90. The Morgan fingerprint density at radius 3 is 2.65 bits per heavy atom. The summed E-state index contributed by atoms with van der Waals surface area (Å²) in [6.07, 6.45) is 0.547. The lowest BCUT2D eigenvalue weighted by Crippen LogP contribution is -2.05. The molecule has 5 heteroatoms. The molecule has 0 spiro atoms. The molecule has 3 N–H and O–H groups in total. The smallest absolute Gasteiger partial charge is 0.129 e. The van der Waals surface area contributed by atoms with Crippen molar-refractivity contribution in [1.29, 1.82) is 0 Å². The lowest BCUT2D eigenvalue weighted by atomic mass is 10.0. The summed E-state index contributed by atoms with van der Waals surface area (Å²) < 4.78 is 0. The molecule has 1 heterocycles. The molecular formula is C12H10Cl2N2O. The number of hydrogen-bond acceptors (Lipinski definition) is 3. The zero-order valence-electron chi connectivity index (χ0n) is 8.77. The van der Waals surface area contributed by atoms with Gasteiger partial charge in [0.25, 0.3) is 0 Å². The highest BCUT2D eigenvalue weighted by Gasteiger charge is 2.15. The van der Waals surface area contributed by atoms with Gasteiger partial charge in [0.15, 0.2) is 0 Å². The molecule has 3 nitrogen and oxygen atoms in total. The molecule has 2 rings (SSSR count). The van der Waals surface area contributed by atoms with Gasteiger partial charge < -0.3 is 10.8 Å². The molecular weight excluding hydrogens is 259 g/mol. The lowest BCUT2D eigenvalue weighted by molar-refractivity contribution is 0.221. The third-order valence-corrected chi connectivity index (χ3v) is 2.82. The Labute approximate surface area is 109 Å². The van der Waals surface area contributed by atoms with Crippen LogP contribution in [-0.2, 0) is 0 Å². The molecule has 88 valence electrons. The van der Waals surface area contributed by atoms with Crippen molar-refractivity contribution in [2.24, 2.45) is 0 Å². The fraction of sp³-hybridized carbons (Fsp3) is 0.0833. The number of nitrogens with zero attached hydrogens (tertiary/aromatic N) is 1. The second kappa shape index (κ2) is 4.92. The number of hydrogen-bond donors (Lipinski definition) is 2. The summed E-state index contributed by atoms with van der Waals surface area (Å²) in [5.74, 6) is 0.252. The first kappa shape index (κ1) is 12.2. The highest BCUT2D eigenvalue weighted by molar-refractivity contribution is 6.30. The van der Waals surface area contributed by atoms with Crippen molar-refractivity contribution in [1.82, 2.24) is 4.98 Å². The first-order valence-corrected chi connectivity index (χ1v) is 5.68. The maximum absolute atomic E-state index is 10.2. The van der Waals surface area contributed by atoms with E-state index in [1.165, 1.54) is 6.20 Å². The molecule has 2 aromatic rings. The van der Waals surface area contributed by atoms with Crippen LogP contribution >= 0.6 is 23.2 Å². The predicted molar refractivity (Wildman–Crippen MR) is 69.2 cm³/mol. The molecule has 0 bridgehead atoms. The van der Waals surface area contributed by atoms with Crippen molar-refractivity contribution >= 4 is 29.0 Å². The number of aliphatic hydroxyl groups is 1. The van der Waals surface area contributed by atoms with Crippen molar-refractivity contribution in [3.8, 4) is 0 Å². The van der Waals surface area contributed by atoms with E-state index in [0.29, 0.717) is 21.2 Å². The van der Waals surface area contributed by atoms with Crippen LogP contribution in [0.25, 0.3) is 0 Å². The predicted octanol–water partition coefficient (Wildman–Crippen LogP) is 3.05. The number of nitrogens with two attached hydrogens (primary N) is 1. The van der Waals surface area contributed by atoms with E-state index in [0.717, 1.165) is 0 Å². The van der Waals surface area contributed by atoms with Gasteiger partial charge in [-0.3, -0.25) is 0 Å². The monoisotopic (exact) mass is 268 g/mol. The normalized spacial score (nSPS) is 12.4. The van der Waals surface area contributed by atoms with E-state index in [1.807, 2.05) is 0 Å². The van der Waals surface area contributed by atoms with Crippen molar-refractivity contribution in [2.75, 3.05) is 5.73 Å². The fourth-order valence-electron chi connectivity index (χ4n) is 1.54. The molecule has 17 heavy (non-hydrogen) atoms. The average Bonchev–Trinajstić information content (AvgIpc) is 2.31. The highest BCUT2D eigenvalue weighted by atomic mass is 35.5. The van der Waals surface area contributed by atoms with Gasteiger partial charge in [-0.15, -0.1) is 0 Å². The topological polar surface area (TPSA) is 59.1 Å². The van der Waals surface area contributed by atoms with Crippen LogP contribution in [0.15, 0.2) is 36.5 Å². The summed E-state index contributed by atoms with van der Waals surface area (Å²) in [7, 11) is 0. The number of pyridine rings is 1. The average molecular weight is 269 g/mol. The largest absolute Gasteiger partial charge is 0.384 e. The standard InChI is InChI=1S/C12H10Cl2N2O/c13-8-3-1-2-7(4-8)11(17)10-5-9(14)6-16-12(10)15/h1-6,11,17H,(H2,15,16).